The fraction of sp³-hybridized carbons (Fsp3) is 0.286. The Morgan fingerprint density at radius 1 is 0.448 bits per heavy atom. The van der Waals surface area contributed by atoms with Crippen molar-refractivity contribution in [2.24, 2.45) is 0 Å². The summed E-state index contributed by atoms with van der Waals surface area (Å²) in [4.78, 5) is 79.9. The van der Waals surface area contributed by atoms with E-state index < -0.39 is 48.9 Å². The van der Waals surface area contributed by atoms with Gasteiger partial charge in [-0.25, -0.2) is 9.59 Å². The Balaban J connectivity index is 1.72. The first-order valence-electron chi connectivity index (χ1n) is 17.8. The lowest BCUT2D eigenvalue weighted by molar-refractivity contribution is -0.141. The van der Waals surface area contributed by atoms with E-state index in [4.69, 9.17) is 37.9 Å². The van der Waals surface area contributed by atoms with Crippen molar-refractivity contribution in [2.75, 3.05) is 77.6 Å². The van der Waals surface area contributed by atoms with Gasteiger partial charge in [0.25, 0.3) is 0 Å². The van der Waals surface area contributed by atoms with Crippen molar-refractivity contribution in [1.82, 2.24) is 0 Å². The molecule has 0 unspecified atom stereocenters. The molecule has 16 heteroatoms. The smallest absolute Gasteiger partial charge is 0.339 e. The summed E-state index contributed by atoms with van der Waals surface area (Å²) in [6.07, 6.45) is 0. The number of para-hydroxylation sites is 2. The quantitative estimate of drug-likeness (QED) is 0.0665. The van der Waals surface area contributed by atoms with E-state index in [0.29, 0.717) is 16.8 Å². The van der Waals surface area contributed by atoms with Crippen LogP contribution in [0.5, 0.6) is 11.5 Å². The van der Waals surface area contributed by atoms with Crippen molar-refractivity contribution < 1.29 is 66.7 Å². The SMILES string of the molecule is COC(=O)CN(CC(=O)OC)c1ccccc1OCCOc1cc(C(=O)OCc2ccccc2)c(C(=O)OCc2ccccc2)cc1N(CC(=O)OC)CC(=O)OC. The Hall–Kier alpha value is -7.10. The monoisotopic (exact) mass is 800 g/mol. The molecule has 4 rings (SSSR count). The summed E-state index contributed by atoms with van der Waals surface area (Å²) in [7, 11) is 4.78. The van der Waals surface area contributed by atoms with Gasteiger partial charge in [-0.2, -0.15) is 0 Å². The minimum Gasteiger partial charge on any atom is -0.488 e. The highest BCUT2D eigenvalue weighted by Gasteiger charge is 2.28. The van der Waals surface area contributed by atoms with Crippen LogP contribution in [0.15, 0.2) is 97.1 Å². The van der Waals surface area contributed by atoms with Gasteiger partial charge < -0.3 is 47.7 Å². The van der Waals surface area contributed by atoms with Gasteiger partial charge in [-0.15, -0.1) is 0 Å². The number of ether oxygens (including phenoxy) is 8. The summed E-state index contributed by atoms with van der Waals surface area (Å²) in [6, 6.07) is 26.9. The maximum Gasteiger partial charge on any atom is 0.339 e. The number of anilines is 2. The lowest BCUT2D eigenvalue weighted by Gasteiger charge is -2.26. The summed E-state index contributed by atoms with van der Waals surface area (Å²) in [6.45, 7) is -2.13. The largest absolute Gasteiger partial charge is 0.488 e. The molecule has 0 saturated carbocycles. The standard InChI is InChI=1S/C42H44N2O14/c1-51-37(45)23-43(24-38(46)52-2)33-17-11-12-18-35(33)55-19-20-56-36-22-32(42(50)58-28-30-15-9-6-10-16-30)31(41(49)57-27-29-13-7-5-8-14-29)21-34(36)44(25-39(47)53-3)26-40(48)54-4/h5-18,21-22H,19-20,23-28H2,1-4H3. The molecular formula is C42H44N2O14. The molecule has 0 aliphatic carbocycles. The van der Waals surface area contributed by atoms with Crippen LogP contribution in [0.25, 0.3) is 0 Å². The molecule has 0 heterocycles. The van der Waals surface area contributed by atoms with E-state index in [9.17, 15) is 28.8 Å². The zero-order valence-electron chi connectivity index (χ0n) is 32.5. The van der Waals surface area contributed by atoms with E-state index >= 15 is 0 Å². The molecule has 0 bridgehead atoms. The van der Waals surface area contributed by atoms with Crippen molar-refractivity contribution in [3.8, 4) is 11.5 Å². The first-order valence-corrected chi connectivity index (χ1v) is 17.8. The predicted molar refractivity (Wildman–Crippen MR) is 207 cm³/mol. The number of hydrogen-bond donors (Lipinski definition) is 0. The Bertz CT molecular complexity index is 1990. The molecule has 0 amide bonds. The second-order valence-corrected chi connectivity index (χ2v) is 12.2. The molecule has 0 fully saturated rings. The van der Waals surface area contributed by atoms with Gasteiger partial charge in [-0.05, 0) is 35.4 Å². The lowest BCUT2D eigenvalue weighted by atomic mass is 10.0. The fourth-order valence-electron chi connectivity index (χ4n) is 5.35. The Kier molecular flexibility index (Phi) is 16.9. The molecular weight excluding hydrogens is 756 g/mol. The number of benzene rings is 4. The lowest BCUT2D eigenvalue weighted by Crippen LogP contribution is -2.36. The van der Waals surface area contributed by atoms with E-state index in [1.165, 1.54) is 50.4 Å². The van der Waals surface area contributed by atoms with E-state index in [1.807, 2.05) is 12.1 Å². The van der Waals surface area contributed by atoms with Crippen molar-refractivity contribution in [1.29, 1.82) is 0 Å². The number of methoxy groups -OCH3 is 4. The zero-order valence-corrected chi connectivity index (χ0v) is 32.5. The molecule has 16 nitrogen and oxygen atoms in total. The molecule has 0 aromatic heterocycles. The van der Waals surface area contributed by atoms with Crippen LogP contribution in [0, 0.1) is 0 Å². The summed E-state index contributed by atoms with van der Waals surface area (Å²) < 4.78 is 42.8. The maximum atomic E-state index is 13.8. The van der Waals surface area contributed by atoms with Gasteiger partial charge in [0.15, 0.2) is 0 Å². The van der Waals surface area contributed by atoms with Crippen LogP contribution in [0.3, 0.4) is 0 Å². The summed E-state index contributed by atoms with van der Waals surface area (Å²) in [5, 5.41) is 0. The Labute approximate surface area is 335 Å². The van der Waals surface area contributed by atoms with Crippen molar-refractivity contribution in [2.45, 2.75) is 13.2 Å². The first-order chi connectivity index (χ1) is 28.1. The van der Waals surface area contributed by atoms with Crippen LogP contribution in [0.4, 0.5) is 11.4 Å². The van der Waals surface area contributed by atoms with Crippen molar-refractivity contribution in [3.63, 3.8) is 0 Å². The average Bonchev–Trinajstić information content (AvgIpc) is 3.25. The number of carbonyl (C=O) groups is 6. The van der Waals surface area contributed by atoms with Gasteiger partial charge in [0.2, 0.25) is 0 Å². The van der Waals surface area contributed by atoms with Crippen LogP contribution in [-0.2, 0) is 60.8 Å². The Morgan fingerprint density at radius 3 is 1.28 bits per heavy atom. The number of nitrogens with zero attached hydrogens (tertiary/aromatic N) is 2. The van der Waals surface area contributed by atoms with Crippen LogP contribution in [0.2, 0.25) is 0 Å². The summed E-state index contributed by atoms with van der Waals surface area (Å²) in [5.41, 5.74) is 1.32. The van der Waals surface area contributed by atoms with Gasteiger partial charge in [0, 0.05) is 0 Å². The fourth-order valence-corrected chi connectivity index (χ4v) is 5.35. The Morgan fingerprint density at radius 2 is 0.828 bits per heavy atom. The number of esters is 6. The summed E-state index contributed by atoms with van der Waals surface area (Å²) in [5.74, 6) is -4.25. The van der Waals surface area contributed by atoms with Gasteiger partial charge in [-0.3, -0.25) is 19.2 Å². The van der Waals surface area contributed by atoms with Crippen LogP contribution >= 0.6 is 0 Å². The number of hydrogen-bond acceptors (Lipinski definition) is 16. The molecule has 0 aliphatic heterocycles. The molecule has 0 radical (unpaired) electrons. The normalized spacial score (nSPS) is 10.3. The second-order valence-electron chi connectivity index (χ2n) is 12.2. The number of carbonyl (C=O) groups excluding carboxylic acids is 6. The van der Waals surface area contributed by atoms with Crippen LogP contribution in [-0.4, -0.2) is 104 Å². The van der Waals surface area contributed by atoms with Crippen molar-refractivity contribution in [3.05, 3.63) is 119 Å². The molecule has 58 heavy (non-hydrogen) atoms. The molecule has 0 aliphatic rings. The maximum absolute atomic E-state index is 13.8. The molecule has 0 spiro atoms. The van der Waals surface area contributed by atoms with Gasteiger partial charge in [0.05, 0.1) is 50.9 Å². The minimum atomic E-state index is -0.900. The van der Waals surface area contributed by atoms with Crippen LogP contribution < -0.4 is 19.3 Å². The van der Waals surface area contributed by atoms with E-state index in [0.717, 1.165) is 0 Å². The van der Waals surface area contributed by atoms with Crippen LogP contribution in [0.1, 0.15) is 31.8 Å². The molecule has 306 valence electrons. The summed E-state index contributed by atoms with van der Waals surface area (Å²) >= 11 is 0. The predicted octanol–water partition coefficient (Wildman–Crippen LogP) is 4.16. The second kappa shape index (κ2) is 22.5. The number of rotatable bonds is 21. The first kappa shape index (κ1) is 43.6. The van der Waals surface area contributed by atoms with E-state index in [2.05, 4.69) is 0 Å². The third kappa shape index (κ3) is 13.0. The minimum absolute atomic E-state index is 0.0322. The highest BCUT2D eigenvalue weighted by Crippen LogP contribution is 2.34. The van der Waals surface area contributed by atoms with E-state index in [-0.39, 0.29) is 67.8 Å². The van der Waals surface area contributed by atoms with Gasteiger partial charge in [0.1, 0.15) is 64.1 Å². The molecule has 4 aromatic carbocycles. The van der Waals surface area contributed by atoms with Crippen molar-refractivity contribution >= 4 is 47.2 Å². The van der Waals surface area contributed by atoms with E-state index in [1.54, 1.807) is 72.8 Å². The molecule has 0 N–H and O–H groups in total. The molecule has 4 aromatic rings. The zero-order chi connectivity index (χ0) is 41.9. The van der Waals surface area contributed by atoms with Gasteiger partial charge in [-0.1, -0.05) is 72.8 Å². The third-order valence-corrected chi connectivity index (χ3v) is 8.30. The highest BCUT2D eigenvalue weighted by atomic mass is 16.6. The molecule has 0 saturated heterocycles. The average molecular weight is 801 g/mol. The van der Waals surface area contributed by atoms with Gasteiger partial charge >= 0.3 is 35.8 Å². The topological polar surface area (TPSA) is 183 Å². The molecule has 0 atom stereocenters. The highest BCUT2D eigenvalue weighted by molar-refractivity contribution is 6.05. The third-order valence-electron chi connectivity index (χ3n) is 8.30.